The Morgan fingerprint density at radius 1 is 1.38 bits per heavy atom. The van der Waals surface area contributed by atoms with Gasteiger partial charge < -0.3 is 4.90 Å². The van der Waals surface area contributed by atoms with Gasteiger partial charge in [0.05, 0.1) is 29.8 Å². The average molecular weight is 377 g/mol. The Labute approximate surface area is 153 Å². The second-order valence-corrected chi connectivity index (χ2v) is 8.44. The maximum absolute atomic E-state index is 12.5. The SMILES string of the molecule is Cn1cc(C(=O)N2CCC[C@H](CS(=O)(=O)NCc3ccccn3)C2)cn1. The smallest absolute Gasteiger partial charge is 0.257 e. The highest BCUT2D eigenvalue weighted by atomic mass is 32.2. The van der Waals surface area contributed by atoms with Gasteiger partial charge in [-0.05, 0) is 30.9 Å². The van der Waals surface area contributed by atoms with Crippen molar-refractivity contribution < 1.29 is 13.2 Å². The summed E-state index contributed by atoms with van der Waals surface area (Å²) in [6.07, 6.45) is 6.44. The van der Waals surface area contributed by atoms with E-state index in [-0.39, 0.29) is 24.1 Å². The molecule has 1 N–H and O–H groups in total. The molecule has 8 nitrogen and oxygen atoms in total. The largest absolute Gasteiger partial charge is 0.338 e. The Balaban J connectivity index is 1.56. The highest BCUT2D eigenvalue weighted by Crippen LogP contribution is 2.20. The third-order valence-electron chi connectivity index (χ3n) is 4.41. The Hall–Kier alpha value is -2.26. The van der Waals surface area contributed by atoms with Crippen LogP contribution in [0, 0.1) is 5.92 Å². The lowest BCUT2D eigenvalue weighted by molar-refractivity contribution is 0.0684. The number of sulfonamides is 1. The van der Waals surface area contributed by atoms with Crippen LogP contribution in [0.2, 0.25) is 0 Å². The van der Waals surface area contributed by atoms with Crippen molar-refractivity contribution in [3.8, 4) is 0 Å². The first-order valence-corrected chi connectivity index (χ1v) is 10.2. The monoisotopic (exact) mass is 377 g/mol. The van der Waals surface area contributed by atoms with Gasteiger partial charge in [-0.25, -0.2) is 13.1 Å². The third kappa shape index (κ3) is 4.89. The summed E-state index contributed by atoms with van der Waals surface area (Å²) in [6.45, 7) is 1.26. The van der Waals surface area contributed by atoms with Crippen molar-refractivity contribution in [1.82, 2.24) is 24.4 Å². The zero-order valence-electron chi connectivity index (χ0n) is 14.7. The zero-order chi connectivity index (χ0) is 18.6. The summed E-state index contributed by atoms with van der Waals surface area (Å²) in [7, 11) is -1.67. The molecule has 140 valence electrons. The molecule has 1 fully saturated rings. The van der Waals surface area contributed by atoms with Crippen LogP contribution in [-0.4, -0.2) is 52.8 Å². The first-order valence-electron chi connectivity index (χ1n) is 8.58. The Kier molecular flexibility index (Phi) is 5.67. The Bertz CT molecular complexity index is 850. The number of aryl methyl sites for hydroxylation is 1. The minimum atomic E-state index is -3.43. The molecule has 1 aliphatic rings. The molecule has 26 heavy (non-hydrogen) atoms. The van der Waals surface area contributed by atoms with Crippen LogP contribution in [0.3, 0.4) is 0 Å². The highest BCUT2D eigenvalue weighted by Gasteiger charge is 2.28. The number of rotatable bonds is 6. The van der Waals surface area contributed by atoms with Crippen LogP contribution in [0.15, 0.2) is 36.8 Å². The number of piperidine rings is 1. The topological polar surface area (TPSA) is 97.2 Å². The van der Waals surface area contributed by atoms with Crippen molar-refractivity contribution in [3.05, 3.63) is 48.0 Å². The van der Waals surface area contributed by atoms with E-state index in [0.29, 0.717) is 24.3 Å². The molecule has 1 saturated heterocycles. The van der Waals surface area contributed by atoms with Crippen molar-refractivity contribution in [3.63, 3.8) is 0 Å². The number of hydrogen-bond donors (Lipinski definition) is 1. The molecule has 1 amide bonds. The Morgan fingerprint density at radius 3 is 2.92 bits per heavy atom. The van der Waals surface area contributed by atoms with E-state index in [4.69, 9.17) is 0 Å². The molecule has 1 atom stereocenters. The van der Waals surface area contributed by atoms with Crippen LogP contribution in [0.1, 0.15) is 28.9 Å². The maximum Gasteiger partial charge on any atom is 0.257 e. The van der Waals surface area contributed by atoms with E-state index in [1.165, 1.54) is 6.20 Å². The summed E-state index contributed by atoms with van der Waals surface area (Å²) in [5.74, 6) is -0.163. The first-order chi connectivity index (χ1) is 12.4. The van der Waals surface area contributed by atoms with E-state index in [2.05, 4.69) is 14.8 Å². The van der Waals surface area contributed by atoms with Crippen LogP contribution >= 0.6 is 0 Å². The van der Waals surface area contributed by atoms with Gasteiger partial charge >= 0.3 is 0 Å². The van der Waals surface area contributed by atoms with E-state index in [0.717, 1.165) is 12.8 Å². The number of aromatic nitrogens is 3. The fourth-order valence-electron chi connectivity index (χ4n) is 3.16. The van der Waals surface area contributed by atoms with Crippen molar-refractivity contribution in [1.29, 1.82) is 0 Å². The number of pyridine rings is 1. The van der Waals surface area contributed by atoms with Crippen molar-refractivity contribution >= 4 is 15.9 Å². The summed E-state index contributed by atoms with van der Waals surface area (Å²) < 4.78 is 28.9. The van der Waals surface area contributed by atoms with Gasteiger partial charge in [-0.1, -0.05) is 6.07 Å². The molecule has 3 heterocycles. The molecule has 9 heteroatoms. The lowest BCUT2D eigenvalue weighted by atomic mass is 9.99. The molecule has 0 saturated carbocycles. The number of carbonyl (C=O) groups excluding carboxylic acids is 1. The number of likely N-dealkylation sites (tertiary alicyclic amines) is 1. The second-order valence-electron chi connectivity index (χ2n) is 6.59. The number of hydrogen-bond acceptors (Lipinski definition) is 5. The van der Waals surface area contributed by atoms with Gasteiger partial charge in [0.15, 0.2) is 0 Å². The number of carbonyl (C=O) groups is 1. The van der Waals surface area contributed by atoms with Crippen molar-refractivity contribution in [2.45, 2.75) is 19.4 Å². The number of amides is 1. The van der Waals surface area contributed by atoms with Crippen LogP contribution in [-0.2, 0) is 23.6 Å². The summed E-state index contributed by atoms with van der Waals surface area (Å²) >= 11 is 0. The van der Waals surface area contributed by atoms with Crippen LogP contribution < -0.4 is 4.72 Å². The van der Waals surface area contributed by atoms with Crippen molar-refractivity contribution in [2.24, 2.45) is 13.0 Å². The minimum absolute atomic E-state index is 0.0106. The molecule has 3 rings (SSSR count). The van der Waals surface area contributed by atoms with E-state index in [1.54, 1.807) is 41.2 Å². The van der Waals surface area contributed by atoms with Crippen LogP contribution in [0.25, 0.3) is 0 Å². The average Bonchev–Trinajstić information content (AvgIpc) is 3.07. The van der Waals surface area contributed by atoms with Gasteiger partial charge in [-0.3, -0.25) is 14.5 Å². The molecule has 0 unspecified atom stereocenters. The normalized spacial score (nSPS) is 18.0. The predicted octanol–water partition coefficient (Wildman–Crippen LogP) is 0.787. The predicted molar refractivity (Wildman–Crippen MR) is 96.7 cm³/mol. The molecule has 2 aromatic heterocycles. The van der Waals surface area contributed by atoms with Gasteiger partial charge in [0.25, 0.3) is 5.91 Å². The third-order valence-corrected chi connectivity index (χ3v) is 5.91. The number of nitrogens with one attached hydrogen (secondary N) is 1. The maximum atomic E-state index is 12.5. The molecule has 2 aromatic rings. The molecular weight excluding hydrogens is 354 g/mol. The van der Waals surface area contributed by atoms with Gasteiger partial charge in [-0.2, -0.15) is 5.10 Å². The van der Waals surface area contributed by atoms with Gasteiger partial charge in [0.2, 0.25) is 10.0 Å². The molecule has 0 aromatic carbocycles. The summed E-state index contributed by atoms with van der Waals surface area (Å²) in [6, 6.07) is 5.38. The molecule has 1 aliphatic heterocycles. The fourth-order valence-corrected chi connectivity index (χ4v) is 4.53. The zero-order valence-corrected chi connectivity index (χ0v) is 15.5. The molecule has 0 bridgehead atoms. The lowest BCUT2D eigenvalue weighted by Crippen LogP contribution is -2.43. The molecule has 0 spiro atoms. The second kappa shape index (κ2) is 7.96. The van der Waals surface area contributed by atoms with Crippen LogP contribution in [0.4, 0.5) is 0 Å². The van der Waals surface area contributed by atoms with E-state index < -0.39 is 10.0 Å². The Morgan fingerprint density at radius 2 is 2.23 bits per heavy atom. The van der Waals surface area contributed by atoms with Gasteiger partial charge in [-0.15, -0.1) is 0 Å². The summed E-state index contributed by atoms with van der Waals surface area (Å²) in [5.41, 5.74) is 1.21. The quantitative estimate of drug-likeness (QED) is 0.803. The van der Waals surface area contributed by atoms with Crippen molar-refractivity contribution in [2.75, 3.05) is 18.8 Å². The number of nitrogens with zero attached hydrogens (tertiary/aromatic N) is 4. The molecular formula is C17H23N5O3S. The first kappa shape index (κ1) is 18.5. The highest BCUT2D eigenvalue weighted by molar-refractivity contribution is 7.89. The summed E-state index contributed by atoms with van der Waals surface area (Å²) in [5, 5.41) is 4.02. The van der Waals surface area contributed by atoms with Gasteiger partial charge in [0, 0.05) is 32.5 Å². The molecule has 0 aliphatic carbocycles. The van der Waals surface area contributed by atoms with E-state index >= 15 is 0 Å². The lowest BCUT2D eigenvalue weighted by Gasteiger charge is -2.32. The minimum Gasteiger partial charge on any atom is -0.338 e. The van der Waals surface area contributed by atoms with Gasteiger partial charge in [0.1, 0.15) is 0 Å². The standard InChI is InChI=1S/C17H23N5O3S/c1-21-12-15(9-19-21)17(23)22-8-4-5-14(11-22)13-26(24,25)20-10-16-6-2-3-7-18-16/h2-3,6-7,9,12,14,20H,4-5,8,10-11,13H2,1H3/t14-/m0/s1. The summed E-state index contributed by atoms with van der Waals surface area (Å²) in [4.78, 5) is 18.4. The molecule has 0 radical (unpaired) electrons. The van der Waals surface area contributed by atoms with Crippen LogP contribution in [0.5, 0.6) is 0 Å². The van der Waals surface area contributed by atoms with E-state index in [9.17, 15) is 13.2 Å². The fraction of sp³-hybridized carbons (Fsp3) is 0.471. The van der Waals surface area contributed by atoms with E-state index in [1.807, 2.05) is 6.07 Å².